The monoisotopic (exact) mass is 317 g/mol. The molecule has 0 spiro atoms. The summed E-state index contributed by atoms with van der Waals surface area (Å²) in [6, 6.07) is 4.21. The van der Waals surface area contributed by atoms with Crippen molar-refractivity contribution in [3.8, 4) is 0 Å². The van der Waals surface area contributed by atoms with Crippen molar-refractivity contribution in [2.24, 2.45) is 0 Å². The largest absolute Gasteiger partial charge is 0.346 e. The maximum atomic E-state index is 13.1. The molecular formula is C15H21ClFNOS. The van der Waals surface area contributed by atoms with Crippen LogP contribution in [0.4, 0.5) is 4.39 Å². The van der Waals surface area contributed by atoms with E-state index in [1.54, 1.807) is 17.8 Å². The van der Waals surface area contributed by atoms with Crippen molar-refractivity contribution >= 4 is 29.3 Å². The van der Waals surface area contributed by atoms with Gasteiger partial charge in [0.1, 0.15) is 5.82 Å². The fourth-order valence-electron chi connectivity index (χ4n) is 1.73. The van der Waals surface area contributed by atoms with Gasteiger partial charge in [-0.3, -0.25) is 4.79 Å². The van der Waals surface area contributed by atoms with Crippen LogP contribution >= 0.6 is 23.4 Å². The number of benzene rings is 1. The van der Waals surface area contributed by atoms with Crippen LogP contribution in [0.5, 0.6) is 0 Å². The van der Waals surface area contributed by atoms with E-state index in [0.717, 1.165) is 0 Å². The summed E-state index contributed by atoms with van der Waals surface area (Å²) >= 11 is 7.63. The summed E-state index contributed by atoms with van der Waals surface area (Å²) in [4.78, 5) is 12.0. The normalized spacial score (nSPS) is 12.3. The summed E-state index contributed by atoms with van der Waals surface area (Å²) in [5.74, 6) is -0.0642. The highest BCUT2D eigenvalue weighted by Crippen LogP contribution is 2.29. The van der Waals surface area contributed by atoms with Crippen molar-refractivity contribution in [2.45, 2.75) is 44.9 Å². The van der Waals surface area contributed by atoms with Crippen molar-refractivity contribution in [2.75, 3.05) is 5.75 Å². The fraction of sp³-hybridized carbons (Fsp3) is 0.533. The van der Waals surface area contributed by atoms with E-state index in [9.17, 15) is 9.18 Å². The summed E-state index contributed by atoms with van der Waals surface area (Å²) in [6.45, 7) is 9.89. The van der Waals surface area contributed by atoms with E-state index in [4.69, 9.17) is 11.6 Å². The first-order valence-corrected chi connectivity index (χ1v) is 7.78. The number of hydrogen-bond acceptors (Lipinski definition) is 2. The summed E-state index contributed by atoms with van der Waals surface area (Å²) in [5, 5.41) is 3.26. The Balaban J connectivity index is 2.76. The lowest BCUT2D eigenvalue weighted by Crippen LogP contribution is -2.42. The molecule has 0 heterocycles. The van der Waals surface area contributed by atoms with Crippen LogP contribution in [0.3, 0.4) is 0 Å². The molecule has 0 saturated carbocycles. The third kappa shape index (κ3) is 5.33. The van der Waals surface area contributed by atoms with E-state index >= 15 is 0 Å². The Morgan fingerprint density at radius 2 is 1.90 bits per heavy atom. The number of halogens is 2. The minimum absolute atomic E-state index is 0.0367. The van der Waals surface area contributed by atoms with Gasteiger partial charge in [-0.1, -0.05) is 38.4 Å². The molecule has 1 N–H and O–H groups in total. The minimum Gasteiger partial charge on any atom is -0.346 e. The Hall–Kier alpha value is -0.740. The van der Waals surface area contributed by atoms with E-state index < -0.39 is 5.54 Å². The lowest BCUT2D eigenvalue weighted by Gasteiger charge is -2.28. The number of thioether (sulfide) groups is 1. The molecular weight excluding hydrogens is 297 g/mol. The van der Waals surface area contributed by atoms with Crippen molar-refractivity contribution in [3.05, 3.63) is 34.6 Å². The zero-order chi connectivity index (χ0) is 15.6. The van der Waals surface area contributed by atoms with Crippen molar-refractivity contribution in [3.63, 3.8) is 0 Å². The van der Waals surface area contributed by atoms with Gasteiger partial charge in [0.2, 0.25) is 5.91 Å². The number of rotatable bonds is 4. The number of carbonyl (C=O) groups excluding carboxylic acids is 1. The molecule has 1 aromatic rings. The van der Waals surface area contributed by atoms with Gasteiger partial charge in [0, 0.05) is 9.77 Å². The minimum atomic E-state index is -0.639. The predicted molar refractivity (Wildman–Crippen MR) is 84.8 cm³/mol. The van der Waals surface area contributed by atoms with Gasteiger partial charge in [0.05, 0.1) is 11.3 Å². The van der Waals surface area contributed by atoms with Crippen molar-refractivity contribution in [1.82, 2.24) is 5.32 Å². The Labute approximate surface area is 129 Å². The first-order chi connectivity index (χ1) is 9.01. The van der Waals surface area contributed by atoms with Gasteiger partial charge in [-0.05, 0) is 31.5 Å². The van der Waals surface area contributed by atoms with Crippen LogP contribution in [0.1, 0.15) is 40.2 Å². The van der Waals surface area contributed by atoms with Crippen LogP contribution in [-0.4, -0.2) is 16.4 Å². The zero-order valence-corrected chi connectivity index (χ0v) is 14.1. The topological polar surface area (TPSA) is 29.1 Å². The molecule has 2 nitrogen and oxygen atoms in total. The molecule has 1 aromatic carbocycles. The molecule has 5 heteroatoms. The molecule has 0 fully saturated rings. The molecule has 20 heavy (non-hydrogen) atoms. The summed E-state index contributed by atoms with van der Waals surface area (Å²) in [6.07, 6.45) is 0. The number of amides is 1. The Bertz CT molecular complexity index is 497. The Morgan fingerprint density at radius 3 is 2.40 bits per heavy atom. The molecule has 0 aliphatic carbocycles. The highest BCUT2D eigenvalue weighted by molar-refractivity contribution is 8.01. The summed E-state index contributed by atoms with van der Waals surface area (Å²) in [5.41, 5.74) is 0.0648. The molecule has 0 bridgehead atoms. The van der Waals surface area contributed by atoms with Crippen LogP contribution in [-0.2, 0) is 10.3 Å². The number of carbonyl (C=O) groups is 1. The lowest BCUT2D eigenvalue weighted by molar-refractivity contribution is -0.120. The molecule has 0 aliphatic heterocycles. The van der Waals surface area contributed by atoms with E-state index in [1.807, 2.05) is 13.8 Å². The van der Waals surface area contributed by atoms with Gasteiger partial charge in [-0.15, -0.1) is 11.8 Å². The van der Waals surface area contributed by atoms with Crippen molar-refractivity contribution < 1.29 is 9.18 Å². The second-order valence-corrected chi connectivity index (χ2v) is 8.41. The second-order valence-electron chi connectivity index (χ2n) is 6.20. The number of hydrogen-bond donors (Lipinski definition) is 1. The molecule has 112 valence electrons. The van der Waals surface area contributed by atoms with Gasteiger partial charge in [-0.25, -0.2) is 4.39 Å². The smallest absolute Gasteiger partial charge is 0.230 e. The van der Waals surface area contributed by atoms with Crippen LogP contribution in [0, 0.1) is 5.82 Å². The maximum absolute atomic E-state index is 13.1. The van der Waals surface area contributed by atoms with Crippen LogP contribution in [0.2, 0.25) is 5.02 Å². The predicted octanol–water partition coefficient (Wildman–Crippen LogP) is 4.36. The van der Waals surface area contributed by atoms with Crippen molar-refractivity contribution in [1.29, 1.82) is 0 Å². The standard InChI is InChI=1S/C15H21ClFNOS/c1-14(2,3)20-9-13(19)18-15(4,5)11-7-6-10(17)8-12(11)16/h6-8H,9H2,1-5H3,(H,18,19). The molecule has 0 aromatic heterocycles. The summed E-state index contributed by atoms with van der Waals surface area (Å²) < 4.78 is 13.1. The molecule has 0 atom stereocenters. The van der Waals surface area contributed by atoms with Gasteiger partial charge >= 0.3 is 0 Å². The lowest BCUT2D eigenvalue weighted by atomic mass is 9.94. The summed E-state index contributed by atoms with van der Waals surface area (Å²) in [7, 11) is 0. The molecule has 0 aliphatic rings. The van der Waals surface area contributed by atoms with Gasteiger partial charge in [0.25, 0.3) is 0 Å². The fourth-order valence-corrected chi connectivity index (χ4v) is 2.77. The van der Waals surface area contributed by atoms with Crippen LogP contribution in [0.15, 0.2) is 18.2 Å². The Kier molecular flexibility index (Phi) is 5.50. The third-order valence-corrected chi connectivity index (χ3v) is 4.28. The maximum Gasteiger partial charge on any atom is 0.230 e. The van der Waals surface area contributed by atoms with Gasteiger partial charge < -0.3 is 5.32 Å². The Morgan fingerprint density at radius 1 is 1.30 bits per heavy atom. The highest BCUT2D eigenvalue weighted by atomic mass is 35.5. The molecule has 0 unspecified atom stereocenters. The van der Waals surface area contributed by atoms with Gasteiger partial charge in [-0.2, -0.15) is 0 Å². The van der Waals surface area contributed by atoms with Crippen LogP contribution in [0.25, 0.3) is 0 Å². The van der Waals surface area contributed by atoms with Crippen LogP contribution < -0.4 is 5.32 Å². The van der Waals surface area contributed by atoms with Gasteiger partial charge in [0.15, 0.2) is 0 Å². The first-order valence-electron chi connectivity index (χ1n) is 6.42. The van der Waals surface area contributed by atoms with E-state index in [-0.39, 0.29) is 16.5 Å². The molecule has 0 radical (unpaired) electrons. The molecule has 1 rings (SSSR count). The van der Waals surface area contributed by atoms with E-state index in [1.165, 1.54) is 12.1 Å². The first kappa shape index (κ1) is 17.3. The van der Waals surface area contributed by atoms with E-state index in [2.05, 4.69) is 26.1 Å². The SMILES string of the molecule is CC(C)(C)SCC(=O)NC(C)(C)c1ccc(F)cc1Cl. The second kappa shape index (κ2) is 6.35. The highest BCUT2D eigenvalue weighted by Gasteiger charge is 2.26. The third-order valence-electron chi connectivity index (χ3n) is 2.69. The molecule has 1 amide bonds. The molecule has 0 saturated heterocycles. The average Bonchev–Trinajstić information content (AvgIpc) is 2.24. The average molecular weight is 318 g/mol. The van der Waals surface area contributed by atoms with E-state index in [0.29, 0.717) is 16.3 Å². The zero-order valence-electron chi connectivity index (χ0n) is 12.5. The quantitative estimate of drug-likeness (QED) is 0.894. The number of nitrogens with one attached hydrogen (secondary N) is 1.